The monoisotopic (exact) mass is 275 g/mol. The number of halogens is 4. The van der Waals surface area contributed by atoms with E-state index < -0.39 is 17.6 Å². The molecular formula is C14H17F4N. The first-order valence-corrected chi connectivity index (χ1v) is 6.44. The molecule has 0 amide bonds. The zero-order chi connectivity index (χ0) is 14.0. The van der Waals surface area contributed by atoms with Crippen molar-refractivity contribution in [2.45, 2.75) is 32.5 Å². The van der Waals surface area contributed by atoms with Crippen LogP contribution in [0.5, 0.6) is 0 Å². The topological polar surface area (TPSA) is 12.0 Å². The lowest BCUT2D eigenvalue weighted by Crippen LogP contribution is -2.22. The minimum atomic E-state index is -4.64. The Labute approximate surface area is 110 Å². The van der Waals surface area contributed by atoms with Gasteiger partial charge in [-0.15, -0.1) is 0 Å². The van der Waals surface area contributed by atoms with Crippen molar-refractivity contribution in [2.75, 3.05) is 6.54 Å². The number of alkyl halides is 3. The summed E-state index contributed by atoms with van der Waals surface area (Å²) in [7, 11) is 0. The molecule has 0 aromatic heterocycles. The summed E-state index contributed by atoms with van der Waals surface area (Å²) in [6.45, 7) is 3.25. The van der Waals surface area contributed by atoms with Crippen molar-refractivity contribution in [3.8, 4) is 0 Å². The Morgan fingerprint density at radius 2 is 2.00 bits per heavy atom. The van der Waals surface area contributed by atoms with Gasteiger partial charge in [0.1, 0.15) is 5.82 Å². The molecular weight excluding hydrogens is 258 g/mol. The minimum Gasteiger partial charge on any atom is -0.312 e. The van der Waals surface area contributed by atoms with E-state index >= 15 is 0 Å². The Morgan fingerprint density at radius 1 is 1.32 bits per heavy atom. The van der Waals surface area contributed by atoms with Crippen LogP contribution in [0.2, 0.25) is 0 Å². The Balaban J connectivity index is 1.93. The summed E-state index contributed by atoms with van der Waals surface area (Å²) >= 11 is 0. The van der Waals surface area contributed by atoms with Gasteiger partial charge in [0, 0.05) is 6.54 Å². The van der Waals surface area contributed by atoms with Crippen molar-refractivity contribution in [3.63, 3.8) is 0 Å². The lowest BCUT2D eigenvalue weighted by molar-refractivity contribution is -0.140. The first-order chi connectivity index (χ1) is 8.88. The van der Waals surface area contributed by atoms with Gasteiger partial charge in [-0.05, 0) is 48.9 Å². The number of hydrogen-bond acceptors (Lipinski definition) is 1. The van der Waals surface area contributed by atoms with E-state index in [0.29, 0.717) is 18.0 Å². The summed E-state index contributed by atoms with van der Waals surface area (Å²) in [5, 5.41) is 3.13. The molecule has 19 heavy (non-hydrogen) atoms. The standard InChI is InChI=1S/C14H17F4N/c1-9(11-3-4-11)7-19-8-10-2-5-13(15)12(6-10)14(16,17)18/h2,5-6,9,11,19H,3-4,7-8H2,1H3. The van der Waals surface area contributed by atoms with Gasteiger partial charge in [0.2, 0.25) is 0 Å². The van der Waals surface area contributed by atoms with Crippen LogP contribution in [-0.2, 0) is 12.7 Å². The number of nitrogens with one attached hydrogen (secondary N) is 1. The molecule has 1 aliphatic rings. The highest BCUT2D eigenvalue weighted by molar-refractivity contribution is 5.27. The maximum atomic E-state index is 13.1. The van der Waals surface area contributed by atoms with Crippen LogP contribution in [0, 0.1) is 17.7 Å². The molecule has 1 aromatic carbocycles. The quantitative estimate of drug-likeness (QED) is 0.801. The van der Waals surface area contributed by atoms with Crippen LogP contribution in [0.15, 0.2) is 18.2 Å². The summed E-state index contributed by atoms with van der Waals surface area (Å²) in [6.07, 6.45) is -2.14. The van der Waals surface area contributed by atoms with Gasteiger partial charge in [-0.3, -0.25) is 0 Å². The first kappa shape index (κ1) is 14.3. The van der Waals surface area contributed by atoms with Crippen LogP contribution in [0.25, 0.3) is 0 Å². The van der Waals surface area contributed by atoms with Gasteiger partial charge < -0.3 is 5.32 Å². The van der Waals surface area contributed by atoms with Gasteiger partial charge in [0.25, 0.3) is 0 Å². The van der Waals surface area contributed by atoms with Crippen molar-refractivity contribution in [1.82, 2.24) is 5.32 Å². The van der Waals surface area contributed by atoms with E-state index in [1.165, 1.54) is 18.9 Å². The zero-order valence-corrected chi connectivity index (χ0v) is 10.7. The fourth-order valence-corrected chi connectivity index (χ4v) is 2.18. The maximum absolute atomic E-state index is 13.1. The third kappa shape index (κ3) is 3.93. The van der Waals surface area contributed by atoms with E-state index in [2.05, 4.69) is 12.2 Å². The van der Waals surface area contributed by atoms with E-state index in [0.717, 1.165) is 24.6 Å². The van der Waals surface area contributed by atoms with Crippen LogP contribution in [0.1, 0.15) is 30.9 Å². The Morgan fingerprint density at radius 3 is 2.58 bits per heavy atom. The normalized spacial score (nSPS) is 17.5. The number of benzene rings is 1. The lowest BCUT2D eigenvalue weighted by atomic mass is 10.1. The third-order valence-corrected chi connectivity index (χ3v) is 3.56. The molecule has 1 aliphatic carbocycles. The predicted octanol–water partition coefficient (Wildman–Crippen LogP) is 3.98. The van der Waals surface area contributed by atoms with Crippen molar-refractivity contribution in [3.05, 3.63) is 35.1 Å². The van der Waals surface area contributed by atoms with Crippen molar-refractivity contribution in [2.24, 2.45) is 11.8 Å². The van der Waals surface area contributed by atoms with Crippen LogP contribution in [-0.4, -0.2) is 6.54 Å². The fourth-order valence-electron chi connectivity index (χ4n) is 2.18. The molecule has 1 aromatic rings. The smallest absolute Gasteiger partial charge is 0.312 e. The Hall–Kier alpha value is -1.10. The first-order valence-electron chi connectivity index (χ1n) is 6.44. The molecule has 2 rings (SSSR count). The van der Waals surface area contributed by atoms with Gasteiger partial charge >= 0.3 is 6.18 Å². The highest BCUT2D eigenvalue weighted by Gasteiger charge is 2.34. The van der Waals surface area contributed by atoms with Crippen molar-refractivity contribution < 1.29 is 17.6 Å². The van der Waals surface area contributed by atoms with Gasteiger partial charge in [-0.25, -0.2) is 4.39 Å². The molecule has 5 heteroatoms. The van der Waals surface area contributed by atoms with E-state index in [4.69, 9.17) is 0 Å². The second-order valence-electron chi connectivity index (χ2n) is 5.26. The summed E-state index contributed by atoms with van der Waals surface area (Å²) in [5.74, 6) is 0.0802. The molecule has 1 fully saturated rings. The molecule has 0 radical (unpaired) electrons. The minimum absolute atomic E-state index is 0.334. The molecule has 0 spiro atoms. The third-order valence-electron chi connectivity index (χ3n) is 3.56. The maximum Gasteiger partial charge on any atom is 0.419 e. The van der Waals surface area contributed by atoms with E-state index in [-0.39, 0.29) is 0 Å². The van der Waals surface area contributed by atoms with E-state index in [1.807, 2.05) is 0 Å². The summed E-state index contributed by atoms with van der Waals surface area (Å²) in [5.41, 5.74) is -0.737. The van der Waals surface area contributed by atoms with E-state index in [9.17, 15) is 17.6 Å². The second-order valence-corrected chi connectivity index (χ2v) is 5.26. The van der Waals surface area contributed by atoms with Crippen LogP contribution < -0.4 is 5.32 Å². The van der Waals surface area contributed by atoms with Gasteiger partial charge in [0.05, 0.1) is 5.56 Å². The summed E-state index contributed by atoms with van der Waals surface area (Å²) in [6, 6.07) is 3.15. The molecule has 1 nitrogen and oxygen atoms in total. The SMILES string of the molecule is CC(CNCc1ccc(F)c(C(F)(F)F)c1)C1CC1. The van der Waals surface area contributed by atoms with E-state index in [1.54, 1.807) is 0 Å². The Kier molecular flexibility index (Phi) is 4.13. The molecule has 1 saturated carbocycles. The molecule has 0 heterocycles. The number of hydrogen-bond donors (Lipinski definition) is 1. The molecule has 1 N–H and O–H groups in total. The molecule has 0 aliphatic heterocycles. The molecule has 0 saturated heterocycles. The van der Waals surface area contributed by atoms with Gasteiger partial charge in [-0.1, -0.05) is 13.0 Å². The highest BCUT2D eigenvalue weighted by Crippen LogP contribution is 2.36. The van der Waals surface area contributed by atoms with Gasteiger partial charge in [0.15, 0.2) is 0 Å². The number of rotatable bonds is 5. The van der Waals surface area contributed by atoms with Crippen molar-refractivity contribution in [1.29, 1.82) is 0 Å². The van der Waals surface area contributed by atoms with Crippen LogP contribution >= 0.6 is 0 Å². The zero-order valence-electron chi connectivity index (χ0n) is 10.7. The molecule has 0 bridgehead atoms. The van der Waals surface area contributed by atoms with Crippen molar-refractivity contribution >= 4 is 0 Å². The largest absolute Gasteiger partial charge is 0.419 e. The van der Waals surface area contributed by atoms with Gasteiger partial charge in [-0.2, -0.15) is 13.2 Å². The second kappa shape index (κ2) is 5.49. The van der Waals surface area contributed by atoms with Crippen LogP contribution in [0.4, 0.5) is 17.6 Å². The average molecular weight is 275 g/mol. The summed E-state index contributed by atoms with van der Waals surface area (Å²) in [4.78, 5) is 0. The van der Waals surface area contributed by atoms with Crippen LogP contribution in [0.3, 0.4) is 0 Å². The highest BCUT2D eigenvalue weighted by atomic mass is 19.4. The lowest BCUT2D eigenvalue weighted by Gasteiger charge is -2.13. The molecule has 1 atom stereocenters. The predicted molar refractivity (Wildman–Crippen MR) is 65.0 cm³/mol. The average Bonchev–Trinajstić information content (AvgIpc) is 3.13. The molecule has 1 unspecified atom stereocenters. The Bertz CT molecular complexity index is 438. The fraction of sp³-hybridized carbons (Fsp3) is 0.571. The summed E-state index contributed by atoms with van der Waals surface area (Å²) < 4.78 is 50.7. The molecule has 106 valence electrons.